The van der Waals surface area contributed by atoms with E-state index in [4.69, 9.17) is 4.74 Å². The number of para-hydroxylation sites is 1. The molecule has 1 aliphatic rings. The van der Waals surface area contributed by atoms with Crippen molar-refractivity contribution in [2.45, 2.75) is 25.7 Å². The molecule has 0 radical (unpaired) electrons. The number of Topliss-reactive ketones (excluding diaryl/α,β-unsaturated/α-hetero) is 1. The van der Waals surface area contributed by atoms with E-state index < -0.39 is 0 Å². The van der Waals surface area contributed by atoms with Crippen LogP contribution in [-0.2, 0) is 4.79 Å². The quantitative estimate of drug-likeness (QED) is 0.814. The number of thioether (sulfide) groups is 1. The van der Waals surface area contributed by atoms with Crippen molar-refractivity contribution in [2.24, 2.45) is 5.92 Å². The number of ether oxygens (including phenoxy) is 1. The van der Waals surface area contributed by atoms with Crippen LogP contribution in [0.4, 0.5) is 0 Å². The second-order valence-corrected chi connectivity index (χ2v) is 5.81. The topological polar surface area (TPSA) is 26.3 Å². The standard InChI is InChI=1S/C15H20O2S/c1-11(10-18-2)14(16)9-12-7-8-17-15-6-4-3-5-13(12)15/h3-6,11-12H,7-10H2,1-2H3. The Morgan fingerprint density at radius 2 is 2.28 bits per heavy atom. The largest absolute Gasteiger partial charge is 0.493 e. The number of hydrogen-bond acceptors (Lipinski definition) is 3. The SMILES string of the molecule is CSCC(C)C(=O)CC1CCOc2ccccc21. The summed E-state index contributed by atoms with van der Waals surface area (Å²) in [5, 5.41) is 0. The summed E-state index contributed by atoms with van der Waals surface area (Å²) in [7, 11) is 0. The summed E-state index contributed by atoms with van der Waals surface area (Å²) in [6.45, 7) is 2.76. The van der Waals surface area contributed by atoms with Crippen LogP contribution in [-0.4, -0.2) is 24.4 Å². The van der Waals surface area contributed by atoms with E-state index in [2.05, 4.69) is 6.07 Å². The van der Waals surface area contributed by atoms with Crippen molar-refractivity contribution in [3.8, 4) is 5.75 Å². The molecular weight excluding hydrogens is 244 g/mol. The van der Waals surface area contributed by atoms with Gasteiger partial charge in [-0.05, 0) is 30.2 Å². The Morgan fingerprint density at radius 3 is 3.06 bits per heavy atom. The second kappa shape index (κ2) is 6.28. The smallest absolute Gasteiger partial charge is 0.137 e. The van der Waals surface area contributed by atoms with Gasteiger partial charge in [0.2, 0.25) is 0 Å². The molecule has 0 saturated carbocycles. The van der Waals surface area contributed by atoms with E-state index in [0.29, 0.717) is 18.1 Å². The van der Waals surface area contributed by atoms with E-state index >= 15 is 0 Å². The molecule has 1 aromatic carbocycles. The molecule has 3 heteroatoms. The first kappa shape index (κ1) is 13.5. The first-order valence-corrected chi connectivity index (χ1v) is 7.85. The lowest BCUT2D eigenvalue weighted by molar-refractivity contribution is -0.122. The molecule has 18 heavy (non-hydrogen) atoms. The first-order chi connectivity index (χ1) is 8.72. The highest BCUT2D eigenvalue weighted by Gasteiger charge is 2.25. The lowest BCUT2D eigenvalue weighted by Crippen LogP contribution is -2.21. The van der Waals surface area contributed by atoms with Crippen molar-refractivity contribution in [1.29, 1.82) is 0 Å². The molecule has 0 fully saturated rings. The molecule has 98 valence electrons. The van der Waals surface area contributed by atoms with E-state index in [1.807, 2.05) is 31.4 Å². The van der Waals surface area contributed by atoms with Crippen molar-refractivity contribution in [1.82, 2.24) is 0 Å². The van der Waals surface area contributed by atoms with Crippen LogP contribution < -0.4 is 4.74 Å². The Labute approximate surface area is 113 Å². The molecule has 2 rings (SSSR count). The van der Waals surface area contributed by atoms with Crippen LogP contribution in [0.25, 0.3) is 0 Å². The third kappa shape index (κ3) is 3.08. The van der Waals surface area contributed by atoms with Gasteiger partial charge in [-0.15, -0.1) is 0 Å². The van der Waals surface area contributed by atoms with Crippen molar-refractivity contribution < 1.29 is 9.53 Å². The van der Waals surface area contributed by atoms with Gasteiger partial charge in [0.1, 0.15) is 11.5 Å². The number of ketones is 1. The zero-order chi connectivity index (χ0) is 13.0. The van der Waals surface area contributed by atoms with Crippen molar-refractivity contribution in [3.63, 3.8) is 0 Å². The van der Waals surface area contributed by atoms with E-state index in [1.165, 1.54) is 5.56 Å². The van der Waals surface area contributed by atoms with Gasteiger partial charge < -0.3 is 4.74 Å². The fourth-order valence-corrected chi connectivity index (χ4v) is 3.10. The molecule has 0 aromatic heterocycles. The fraction of sp³-hybridized carbons (Fsp3) is 0.533. The van der Waals surface area contributed by atoms with Crippen molar-refractivity contribution in [3.05, 3.63) is 29.8 Å². The van der Waals surface area contributed by atoms with E-state index in [-0.39, 0.29) is 5.92 Å². The van der Waals surface area contributed by atoms with Crippen molar-refractivity contribution >= 4 is 17.5 Å². The van der Waals surface area contributed by atoms with Gasteiger partial charge in [-0.2, -0.15) is 11.8 Å². The van der Waals surface area contributed by atoms with Crippen molar-refractivity contribution in [2.75, 3.05) is 18.6 Å². The van der Waals surface area contributed by atoms with Gasteiger partial charge in [0.15, 0.2) is 0 Å². The fourth-order valence-electron chi connectivity index (χ4n) is 2.41. The first-order valence-electron chi connectivity index (χ1n) is 6.45. The number of rotatable bonds is 5. The average Bonchev–Trinajstić information content (AvgIpc) is 2.39. The molecule has 0 spiro atoms. The minimum atomic E-state index is 0.162. The average molecular weight is 264 g/mol. The Bertz CT molecular complexity index is 417. The predicted octanol–water partition coefficient (Wildman–Crippen LogP) is 3.51. The number of carbonyl (C=O) groups excluding carboxylic acids is 1. The summed E-state index contributed by atoms with van der Waals surface area (Å²) in [6, 6.07) is 8.10. The van der Waals surface area contributed by atoms with Gasteiger partial charge in [0.05, 0.1) is 6.61 Å². The molecule has 2 nitrogen and oxygen atoms in total. The molecule has 2 unspecified atom stereocenters. The summed E-state index contributed by atoms with van der Waals surface area (Å²) >= 11 is 1.74. The molecule has 0 bridgehead atoms. The lowest BCUT2D eigenvalue weighted by atomic mass is 9.86. The molecule has 0 aliphatic carbocycles. The lowest BCUT2D eigenvalue weighted by Gasteiger charge is -2.26. The molecule has 1 heterocycles. The summed E-state index contributed by atoms with van der Waals surface area (Å²) in [6.07, 6.45) is 3.66. The molecule has 0 saturated heterocycles. The maximum absolute atomic E-state index is 12.2. The Balaban J connectivity index is 2.05. The minimum Gasteiger partial charge on any atom is -0.493 e. The van der Waals surface area contributed by atoms with Gasteiger partial charge in [-0.1, -0.05) is 25.1 Å². The summed E-state index contributed by atoms with van der Waals surface area (Å²) in [5.74, 6) is 2.76. The zero-order valence-corrected chi connectivity index (χ0v) is 11.8. The molecule has 1 aliphatic heterocycles. The number of benzene rings is 1. The second-order valence-electron chi connectivity index (χ2n) is 4.90. The summed E-state index contributed by atoms with van der Waals surface area (Å²) in [5.41, 5.74) is 1.20. The number of carbonyl (C=O) groups is 1. The van der Waals surface area contributed by atoms with Crippen LogP contribution in [0.1, 0.15) is 31.2 Å². The maximum Gasteiger partial charge on any atom is 0.137 e. The minimum absolute atomic E-state index is 0.162. The van der Waals surface area contributed by atoms with Gasteiger partial charge in [-0.3, -0.25) is 4.79 Å². The third-order valence-electron chi connectivity index (χ3n) is 3.50. The van der Waals surface area contributed by atoms with Crippen LogP contribution in [0.5, 0.6) is 5.75 Å². The Kier molecular flexibility index (Phi) is 4.70. The molecule has 2 atom stereocenters. The van der Waals surface area contributed by atoms with E-state index in [0.717, 1.165) is 24.5 Å². The summed E-state index contributed by atoms with van der Waals surface area (Å²) in [4.78, 5) is 12.2. The summed E-state index contributed by atoms with van der Waals surface area (Å²) < 4.78 is 5.63. The van der Waals surface area contributed by atoms with Crippen LogP contribution in [0.2, 0.25) is 0 Å². The van der Waals surface area contributed by atoms with Gasteiger partial charge in [0.25, 0.3) is 0 Å². The number of hydrogen-bond donors (Lipinski definition) is 0. The Morgan fingerprint density at radius 1 is 1.50 bits per heavy atom. The van der Waals surface area contributed by atoms with Crippen LogP contribution in [0.15, 0.2) is 24.3 Å². The van der Waals surface area contributed by atoms with Crippen LogP contribution >= 0.6 is 11.8 Å². The van der Waals surface area contributed by atoms with Gasteiger partial charge in [0, 0.05) is 18.1 Å². The van der Waals surface area contributed by atoms with Gasteiger partial charge >= 0.3 is 0 Å². The van der Waals surface area contributed by atoms with Crippen LogP contribution in [0, 0.1) is 5.92 Å². The normalized spacial score (nSPS) is 19.8. The van der Waals surface area contributed by atoms with Gasteiger partial charge in [-0.25, -0.2) is 0 Å². The van der Waals surface area contributed by atoms with E-state index in [9.17, 15) is 4.79 Å². The number of fused-ring (bicyclic) bond motifs is 1. The zero-order valence-electron chi connectivity index (χ0n) is 11.0. The maximum atomic E-state index is 12.2. The molecule has 0 N–H and O–H groups in total. The Hall–Kier alpha value is -0.960. The predicted molar refractivity (Wildman–Crippen MR) is 76.5 cm³/mol. The molecule has 1 aromatic rings. The third-order valence-corrected chi connectivity index (χ3v) is 4.33. The molecular formula is C15H20O2S. The van der Waals surface area contributed by atoms with Crippen LogP contribution in [0.3, 0.4) is 0 Å². The highest BCUT2D eigenvalue weighted by Crippen LogP contribution is 2.36. The highest BCUT2D eigenvalue weighted by atomic mass is 32.2. The van der Waals surface area contributed by atoms with E-state index in [1.54, 1.807) is 11.8 Å². The monoisotopic (exact) mass is 264 g/mol. The molecule has 0 amide bonds. The highest BCUT2D eigenvalue weighted by molar-refractivity contribution is 7.98.